The SMILES string of the molecule is CCOC(=O)c1ccc2c(c1)SSc1cc(C(=O)OCC)ccc1NCCCN2. The first kappa shape index (κ1) is 21.4. The van der Waals surface area contributed by atoms with Gasteiger partial charge in [0.25, 0.3) is 0 Å². The summed E-state index contributed by atoms with van der Waals surface area (Å²) in [4.78, 5) is 26.1. The number of carbonyl (C=O) groups is 2. The van der Waals surface area contributed by atoms with E-state index in [2.05, 4.69) is 10.6 Å². The van der Waals surface area contributed by atoms with Crippen LogP contribution in [0.5, 0.6) is 0 Å². The first-order valence-corrected chi connectivity index (χ1v) is 11.7. The minimum Gasteiger partial charge on any atom is -0.462 e. The van der Waals surface area contributed by atoms with Crippen LogP contribution in [0.25, 0.3) is 0 Å². The van der Waals surface area contributed by atoms with Crippen LogP contribution in [0.1, 0.15) is 41.0 Å². The summed E-state index contributed by atoms with van der Waals surface area (Å²) in [5.74, 6) is -0.663. The smallest absolute Gasteiger partial charge is 0.338 e. The molecule has 0 amide bonds. The number of fused-ring (bicyclic) bond motifs is 2. The van der Waals surface area contributed by atoms with Crippen molar-refractivity contribution in [2.75, 3.05) is 36.9 Å². The highest BCUT2D eigenvalue weighted by atomic mass is 33.1. The van der Waals surface area contributed by atoms with Crippen LogP contribution in [0.15, 0.2) is 46.2 Å². The fourth-order valence-corrected chi connectivity index (χ4v) is 5.14. The lowest BCUT2D eigenvalue weighted by atomic mass is 10.2. The summed E-state index contributed by atoms with van der Waals surface area (Å²) in [6.45, 7) is 5.87. The van der Waals surface area contributed by atoms with Gasteiger partial charge in [0.05, 0.1) is 24.3 Å². The topological polar surface area (TPSA) is 76.7 Å². The van der Waals surface area contributed by atoms with Crippen molar-refractivity contribution in [3.63, 3.8) is 0 Å². The van der Waals surface area contributed by atoms with Gasteiger partial charge in [-0.1, -0.05) is 21.6 Å². The summed E-state index contributed by atoms with van der Waals surface area (Å²) in [7, 11) is 3.07. The van der Waals surface area contributed by atoms with Crippen molar-refractivity contribution >= 4 is 44.9 Å². The van der Waals surface area contributed by atoms with E-state index in [9.17, 15) is 9.59 Å². The van der Waals surface area contributed by atoms with Gasteiger partial charge < -0.3 is 20.1 Å². The number of benzene rings is 2. The van der Waals surface area contributed by atoms with Crippen LogP contribution in [0, 0.1) is 0 Å². The molecule has 0 radical (unpaired) electrons. The number of nitrogens with one attached hydrogen (secondary N) is 2. The van der Waals surface area contributed by atoms with Gasteiger partial charge >= 0.3 is 11.9 Å². The minimum absolute atomic E-state index is 0.332. The molecule has 0 bridgehead atoms. The van der Waals surface area contributed by atoms with E-state index in [-0.39, 0.29) is 11.9 Å². The Labute approximate surface area is 178 Å². The summed E-state index contributed by atoms with van der Waals surface area (Å²) in [5.41, 5.74) is 2.99. The molecule has 8 heteroatoms. The standard InChI is InChI=1S/C21H24N2O4S2/c1-3-26-20(24)14-6-8-16-18(12-14)28-29-19-13-15(21(25)27-4-2)7-9-17(19)23-11-5-10-22-16/h6-9,12-13,22-23H,3-5,10-11H2,1-2H3. The lowest BCUT2D eigenvalue weighted by Crippen LogP contribution is -2.10. The molecule has 1 heterocycles. The maximum atomic E-state index is 12.1. The molecule has 0 saturated carbocycles. The van der Waals surface area contributed by atoms with Crippen molar-refractivity contribution in [1.29, 1.82) is 0 Å². The van der Waals surface area contributed by atoms with E-state index in [1.807, 2.05) is 24.3 Å². The second-order valence-electron chi connectivity index (χ2n) is 6.24. The highest BCUT2D eigenvalue weighted by molar-refractivity contribution is 8.76. The zero-order chi connectivity index (χ0) is 20.6. The first-order valence-electron chi connectivity index (χ1n) is 9.57. The van der Waals surface area contributed by atoms with Gasteiger partial charge in [-0.15, -0.1) is 0 Å². The second-order valence-corrected chi connectivity index (χ2v) is 8.45. The molecule has 2 aromatic rings. The van der Waals surface area contributed by atoms with Crippen molar-refractivity contribution in [3.05, 3.63) is 47.5 Å². The molecule has 6 nitrogen and oxygen atoms in total. The van der Waals surface area contributed by atoms with Gasteiger partial charge in [-0.2, -0.15) is 0 Å². The molecule has 3 rings (SSSR count). The monoisotopic (exact) mass is 432 g/mol. The molecule has 0 aliphatic carbocycles. The molecule has 154 valence electrons. The van der Waals surface area contributed by atoms with Crippen LogP contribution < -0.4 is 10.6 Å². The van der Waals surface area contributed by atoms with E-state index in [4.69, 9.17) is 9.47 Å². The van der Waals surface area contributed by atoms with Gasteiger partial charge in [0.15, 0.2) is 0 Å². The number of esters is 2. The first-order chi connectivity index (χ1) is 14.1. The molecule has 2 aromatic carbocycles. The maximum Gasteiger partial charge on any atom is 0.338 e. The Hall–Kier alpha value is -2.32. The third-order valence-corrected chi connectivity index (χ3v) is 6.64. The largest absolute Gasteiger partial charge is 0.462 e. The van der Waals surface area contributed by atoms with Crippen molar-refractivity contribution in [2.45, 2.75) is 30.1 Å². The van der Waals surface area contributed by atoms with Crippen LogP contribution in [0.3, 0.4) is 0 Å². The fraction of sp³-hybridized carbons (Fsp3) is 0.333. The van der Waals surface area contributed by atoms with Crippen molar-refractivity contribution < 1.29 is 19.1 Å². The Morgan fingerprint density at radius 2 is 1.28 bits per heavy atom. The number of rotatable bonds is 4. The lowest BCUT2D eigenvalue weighted by Gasteiger charge is -2.13. The average molecular weight is 433 g/mol. The quantitative estimate of drug-likeness (QED) is 0.512. The third-order valence-electron chi connectivity index (χ3n) is 4.19. The number of anilines is 2. The Balaban J connectivity index is 1.90. The normalized spacial score (nSPS) is 13.6. The Kier molecular flexibility index (Phi) is 7.71. The zero-order valence-corrected chi connectivity index (χ0v) is 18.1. The van der Waals surface area contributed by atoms with E-state index in [0.717, 1.165) is 40.7 Å². The van der Waals surface area contributed by atoms with E-state index < -0.39 is 0 Å². The van der Waals surface area contributed by atoms with Crippen molar-refractivity contribution in [1.82, 2.24) is 0 Å². The molecule has 1 aliphatic heterocycles. The maximum absolute atomic E-state index is 12.1. The molecular formula is C21H24N2O4S2. The molecule has 0 saturated heterocycles. The van der Waals surface area contributed by atoms with Crippen LogP contribution in [-0.4, -0.2) is 38.2 Å². The summed E-state index contributed by atoms with van der Waals surface area (Å²) in [5, 5.41) is 6.86. The van der Waals surface area contributed by atoms with E-state index in [1.165, 1.54) is 21.6 Å². The van der Waals surface area contributed by atoms with Gasteiger partial charge in [-0.05, 0) is 56.7 Å². The minimum atomic E-state index is -0.332. The van der Waals surface area contributed by atoms with Crippen molar-refractivity contribution in [2.24, 2.45) is 0 Å². The number of ether oxygens (including phenoxy) is 2. The van der Waals surface area contributed by atoms with Gasteiger partial charge in [0.1, 0.15) is 0 Å². The molecule has 0 atom stereocenters. The number of hydrogen-bond acceptors (Lipinski definition) is 8. The highest BCUT2D eigenvalue weighted by Crippen LogP contribution is 2.44. The molecule has 0 fully saturated rings. The van der Waals surface area contributed by atoms with E-state index >= 15 is 0 Å². The number of carbonyl (C=O) groups excluding carboxylic acids is 2. The molecule has 1 aliphatic rings. The predicted octanol–water partition coefficient (Wildman–Crippen LogP) is 5.07. The Bertz CT molecular complexity index is 817. The van der Waals surface area contributed by atoms with Gasteiger partial charge in [0.2, 0.25) is 0 Å². The molecule has 0 spiro atoms. The number of hydrogen-bond donors (Lipinski definition) is 2. The molecule has 2 N–H and O–H groups in total. The van der Waals surface area contributed by atoms with Crippen LogP contribution in [0.4, 0.5) is 11.4 Å². The molecule has 0 aromatic heterocycles. The van der Waals surface area contributed by atoms with Crippen LogP contribution in [-0.2, 0) is 9.47 Å². The fourth-order valence-electron chi connectivity index (χ4n) is 2.78. The highest BCUT2D eigenvalue weighted by Gasteiger charge is 2.16. The molecular weight excluding hydrogens is 408 g/mol. The summed E-state index contributed by atoms with van der Waals surface area (Å²) in [6, 6.07) is 11.1. The van der Waals surface area contributed by atoms with Crippen LogP contribution >= 0.6 is 21.6 Å². The molecule has 0 unspecified atom stereocenters. The lowest BCUT2D eigenvalue weighted by molar-refractivity contribution is 0.0516. The van der Waals surface area contributed by atoms with E-state index in [0.29, 0.717) is 24.3 Å². The second kappa shape index (κ2) is 10.5. The summed E-state index contributed by atoms with van der Waals surface area (Å²) >= 11 is 0. The predicted molar refractivity (Wildman–Crippen MR) is 118 cm³/mol. The van der Waals surface area contributed by atoms with Gasteiger partial charge in [-0.3, -0.25) is 0 Å². The van der Waals surface area contributed by atoms with Gasteiger partial charge in [-0.25, -0.2) is 9.59 Å². The Morgan fingerprint density at radius 1 is 0.828 bits per heavy atom. The van der Waals surface area contributed by atoms with Crippen molar-refractivity contribution in [3.8, 4) is 0 Å². The zero-order valence-electron chi connectivity index (χ0n) is 16.4. The van der Waals surface area contributed by atoms with Gasteiger partial charge in [0, 0.05) is 34.3 Å². The molecule has 29 heavy (non-hydrogen) atoms. The summed E-state index contributed by atoms with van der Waals surface area (Å²) in [6.07, 6.45) is 0.924. The Morgan fingerprint density at radius 3 is 1.69 bits per heavy atom. The summed E-state index contributed by atoms with van der Waals surface area (Å²) < 4.78 is 10.2. The average Bonchev–Trinajstić information content (AvgIpc) is 2.76. The van der Waals surface area contributed by atoms with E-state index in [1.54, 1.807) is 26.0 Å². The third kappa shape index (κ3) is 5.61. The van der Waals surface area contributed by atoms with Crippen LogP contribution in [0.2, 0.25) is 0 Å².